The fourth-order valence-corrected chi connectivity index (χ4v) is 3.86. The number of aromatic nitrogens is 1. The van der Waals surface area contributed by atoms with Crippen molar-refractivity contribution in [3.05, 3.63) is 65.7 Å². The Labute approximate surface area is 145 Å². The van der Waals surface area contributed by atoms with E-state index in [9.17, 15) is 14.0 Å². The van der Waals surface area contributed by atoms with E-state index in [0.717, 1.165) is 12.0 Å². The molecule has 0 spiro atoms. The summed E-state index contributed by atoms with van der Waals surface area (Å²) in [4.78, 5) is 32.9. The third-order valence-corrected chi connectivity index (χ3v) is 5.02. The molecule has 0 radical (unpaired) electrons. The summed E-state index contributed by atoms with van der Waals surface area (Å²) in [5.41, 5.74) is 1.31. The number of carbonyl (C=O) groups excluding carboxylic acids is 2. The van der Waals surface area contributed by atoms with Gasteiger partial charge in [-0.1, -0.05) is 12.1 Å². The third kappa shape index (κ3) is 2.88. The Balaban J connectivity index is 1.52. The molecule has 0 bridgehead atoms. The zero-order chi connectivity index (χ0) is 17.4. The first kappa shape index (κ1) is 15.7. The molecule has 25 heavy (non-hydrogen) atoms. The van der Waals surface area contributed by atoms with Crippen molar-refractivity contribution < 1.29 is 14.0 Å². The van der Waals surface area contributed by atoms with Gasteiger partial charge in [-0.3, -0.25) is 14.6 Å². The van der Waals surface area contributed by atoms with Crippen molar-refractivity contribution in [1.82, 2.24) is 14.8 Å². The summed E-state index contributed by atoms with van der Waals surface area (Å²) in [6.45, 7) is 1.09. The van der Waals surface area contributed by atoms with E-state index in [-0.39, 0.29) is 23.9 Å². The number of hydrogen-bond acceptors (Lipinski definition) is 3. The van der Waals surface area contributed by atoms with Gasteiger partial charge in [-0.15, -0.1) is 0 Å². The molecule has 1 aromatic carbocycles. The molecule has 0 saturated carbocycles. The van der Waals surface area contributed by atoms with Gasteiger partial charge < -0.3 is 9.80 Å². The van der Waals surface area contributed by atoms with Crippen LogP contribution in [0, 0.1) is 5.82 Å². The van der Waals surface area contributed by atoms with Gasteiger partial charge in [0.15, 0.2) is 0 Å². The lowest BCUT2D eigenvalue weighted by atomic mass is 10.1. The molecule has 2 aliphatic rings. The van der Waals surface area contributed by atoms with Gasteiger partial charge in [-0.2, -0.15) is 0 Å². The summed E-state index contributed by atoms with van der Waals surface area (Å²) in [7, 11) is 0. The second kappa shape index (κ2) is 6.27. The van der Waals surface area contributed by atoms with Crippen LogP contribution < -0.4 is 0 Å². The van der Waals surface area contributed by atoms with Crippen LogP contribution >= 0.6 is 0 Å². The van der Waals surface area contributed by atoms with Crippen molar-refractivity contribution >= 4 is 11.8 Å². The Hall–Kier alpha value is -2.76. The molecule has 6 heteroatoms. The molecule has 3 heterocycles. The highest BCUT2D eigenvalue weighted by Crippen LogP contribution is 2.34. The smallest absolute Gasteiger partial charge is 0.254 e. The summed E-state index contributed by atoms with van der Waals surface area (Å²) in [6, 6.07) is 9.39. The van der Waals surface area contributed by atoms with Crippen LogP contribution in [-0.2, 0) is 11.3 Å². The van der Waals surface area contributed by atoms with Gasteiger partial charge in [0.1, 0.15) is 5.82 Å². The van der Waals surface area contributed by atoms with Crippen LogP contribution in [0.4, 0.5) is 4.39 Å². The number of carbonyl (C=O) groups is 2. The Bertz CT molecular complexity index is 811. The molecule has 128 valence electrons. The van der Waals surface area contributed by atoms with Crippen LogP contribution in [0.3, 0.4) is 0 Å². The number of halogens is 1. The fourth-order valence-electron chi connectivity index (χ4n) is 3.86. The maximum absolute atomic E-state index is 13.4. The first-order chi connectivity index (χ1) is 12.1. The minimum atomic E-state index is -0.428. The summed E-state index contributed by atoms with van der Waals surface area (Å²) < 4.78 is 13.4. The lowest BCUT2D eigenvalue weighted by Gasteiger charge is -2.25. The highest BCUT2D eigenvalue weighted by molar-refractivity contribution is 5.95. The number of rotatable bonds is 3. The predicted octanol–water partition coefficient (Wildman–Crippen LogP) is 2.24. The SMILES string of the molecule is O=C(c1cccc(F)c1)N1CC[C@H]2[C@H]1CC(=O)N2Cc1cccnc1. The van der Waals surface area contributed by atoms with Gasteiger partial charge in [0.2, 0.25) is 5.91 Å². The lowest BCUT2D eigenvalue weighted by molar-refractivity contribution is -0.129. The van der Waals surface area contributed by atoms with Crippen molar-refractivity contribution in [2.75, 3.05) is 6.54 Å². The van der Waals surface area contributed by atoms with Crippen LogP contribution in [0.15, 0.2) is 48.8 Å². The zero-order valence-corrected chi connectivity index (χ0v) is 13.6. The number of benzene rings is 1. The minimum absolute atomic E-state index is 0.0187. The number of fused-ring (bicyclic) bond motifs is 1. The highest BCUT2D eigenvalue weighted by atomic mass is 19.1. The Kier molecular flexibility index (Phi) is 3.95. The van der Waals surface area contributed by atoms with Crippen molar-refractivity contribution in [3.8, 4) is 0 Å². The molecule has 2 aliphatic heterocycles. The summed E-state index contributed by atoms with van der Waals surface area (Å²) >= 11 is 0. The molecule has 5 nitrogen and oxygen atoms in total. The fraction of sp³-hybridized carbons (Fsp3) is 0.316. The summed E-state index contributed by atoms with van der Waals surface area (Å²) in [6.07, 6.45) is 4.53. The highest BCUT2D eigenvalue weighted by Gasteiger charge is 2.48. The summed E-state index contributed by atoms with van der Waals surface area (Å²) in [5.74, 6) is -0.582. The van der Waals surface area contributed by atoms with Crippen LogP contribution in [0.25, 0.3) is 0 Å². The van der Waals surface area contributed by atoms with Gasteiger partial charge in [-0.05, 0) is 36.2 Å². The standard InChI is InChI=1S/C19H18FN3O2/c20-15-5-1-4-14(9-15)19(25)22-8-6-16-17(22)10-18(24)23(16)12-13-3-2-7-21-11-13/h1-5,7,9,11,16-17H,6,8,10,12H2/t16-,17+/m0/s1. The zero-order valence-electron chi connectivity index (χ0n) is 13.6. The maximum atomic E-state index is 13.4. The molecule has 2 saturated heterocycles. The Morgan fingerprint density at radius 3 is 2.88 bits per heavy atom. The average Bonchev–Trinajstić information content (AvgIpc) is 3.15. The monoisotopic (exact) mass is 339 g/mol. The molecule has 2 atom stereocenters. The van der Waals surface area contributed by atoms with Gasteiger partial charge in [-0.25, -0.2) is 4.39 Å². The number of nitrogens with zero attached hydrogens (tertiary/aromatic N) is 3. The number of pyridine rings is 1. The van der Waals surface area contributed by atoms with Crippen molar-refractivity contribution in [3.63, 3.8) is 0 Å². The molecular weight excluding hydrogens is 321 g/mol. The van der Waals surface area contributed by atoms with E-state index in [2.05, 4.69) is 4.98 Å². The lowest BCUT2D eigenvalue weighted by Crippen LogP contribution is -2.39. The van der Waals surface area contributed by atoms with E-state index in [4.69, 9.17) is 0 Å². The molecule has 0 unspecified atom stereocenters. The van der Waals surface area contributed by atoms with Crippen molar-refractivity contribution in [1.29, 1.82) is 0 Å². The first-order valence-electron chi connectivity index (χ1n) is 8.38. The molecule has 0 N–H and O–H groups in total. The van der Waals surface area contributed by atoms with Crippen LogP contribution in [-0.4, -0.2) is 45.2 Å². The Morgan fingerprint density at radius 1 is 1.24 bits per heavy atom. The van der Waals surface area contributed by atoms with Crippen molar-refractivity contribution in [2.45, 2.75) is 31.5 Å². The predicted molar refractivity (Wildman–Crippen MR) is 89.0 cm³/mol. The molecular formula is C19H18FN3O2. The first-order valence-corrected chi connectivity index (χ1v) is 8.38. The third-order valence-electron chi connectivity index (χ3n) is 5.02. The molecule has 2 fully saturated rings. The topological polar surface area (TPSA) is 53.5 Å². The van der Waals surface area contributed by atoms with E-state index in [0.29, 0.717) is 25.1 Å². The molecule has 1 aromatic heterocycles. The maximum Gasteiger partial charge on any atom is 0.254 e. The van der Waals surface area contributed by atoms with E-state index >= 15 is 0 Å². The van der Waals surface area contributed by atoms with Gasteiger partial charge in [0, 0.05) is 37.5 Å². The quantitative estimate of drug-likeness (QED) is 0.862. The second-order valence-electron chi connectivity index (χ2n) is 6.52. The molecule has 4 rings (SSSR count). The molecule has 2 amide bonds. The number of likely N-dealkylation sites (tertiary alicyclic amines) is 2. The number of hydrogen-bond donors (Lipinski definition) is 0. The van der Waals surface area contributed by atoms with Crippen LogP contribution in [0.1, 0.15) is 28.8 Å². The van der Waals surface area contributed by atoms with Gasteiger partial charge in [0.25, 0.3) is 5.91 Å². The van der Waals surface area contributed by atoms with Crippen molar-refractivity contribution in [2.24, 2.45) is 0 Å². The molecule has 0 aliphatic carbocycles. The number of amides is 2. The average molecular weight is 339 g/mol. The largest absolute Gasteiger partial charge is 0.333 e. The molecule has 2 aromatic rings. The normalized spacial score (nSPS) is 22.4. The van der Waals surface area contributed by atoms with Gasteiger partial charge >= 0.3 is 0 Å². The van der Waals surface area contributed by atoms with E-state index in [1.165, 1.54) is 18.2 Å². The van der Waals surface area contributed by atoms with Crippen LogP contribution in [0.2, 0.25) is 0 Å². The minimum Gasteiger partial charge on any atom is -0.333 e. The van der Waals surface area contributed by atoms with E-state index in [1.54, 1.807) is 23.4 Å². The van der Waals surface area contributed by atoms with E-state index < -0.39 is 5.82 Å². The van der Waals surface area contributed by atoms with Gasteiger partial charge in [0.05, 0.1) is 12.1 Å². The van der Waals surface area contributed by atoms with Crippen LogP contribution in [0.5, 0.6) is 0 Å². The van der Waals surface area contributed by atoms with E-state index in [1.807, 2.05) is 17.0 Å². The summed E-state index contributed by atoms with van der Waals surface area (Å²) in [5, 5.41) is 0. The second-order valence-corrected chi connectivity index (χ2v) is 6.52. The Morgan fingerprint density at radius 2 is 2.12 bits per heavy atom.